The molecule has 0 radical (unpaired) electrons. The summed E-state index contributed by atoms with van der Waals surface area (Å²) in [5.41, 5.74) is 2.61. The van der Waals surface area contributed by atoms with Crippen LogP contribution in [0, 0.1) is 6.92 Å². The lowest BCUT2D eigenvalue weighted by Gasteiger charge is -2.14. The molecular formula is C15H17N3O. The van der Waals surface area contributed by atoms with Crippen molar-refractivity contribution in [2.75, 3.05) is 13.1 Å². The fourth-order valence-electron chi connectivity index (χ4n) is 2.54. The third kappa shape index (κ3) is 2.14. The van der Waals surface area contributed by atoms with E-state index < -0.39 is 0 Å². The molecule has 1 aliphatic rings. The first-order valence-corrected chi connectivity index (χ1v) is 6.66. The number of hydrogen-bond donors (Lipinski definition) is 0. The molecule has 1 fully saturated rings. The number of amides is 1. The Balaban J connectivity index is 1.93. The van der Waals surface area contributed by atoms with E-state index in [0.717, 1.165) is 37.3 Å². The molecule has 0 bridgehead atoms. The van der Waals surface area contributed by atoms with Crippen LogP contribution in [0.4, 0.5) is 0 Å². The van der Waals surface area contributed by atoms with Crippen molar-refractivity contribution in [1.29, 1.82) is 0 Å². The van der Waals surface area contributed by atoms with Crippen molar-refractivity contribution in [3.05, 3.63) is 47.8 Å². The zero-order chi connectivity index (χ0) is 13.2. The molecule has 19 heavy (non-hydrogen) atoms. The Labute approximate surface area is 112 Å². The van der Waals surface area contributed by atoms with Gasteiger partial charge in [0, 0.05) is 13.1 Å². The number of hydrogen-bond acceptors (Lipinski definition) is 2. The second-order valence-electron chi connectivity index (χ2n) is 4.89. The highest BCUT2D eigenvalue weighted by Gasteiger charge is 2.23. The Kier molecular flexibility index (Phi) is 3.07. The summed E-state index contributed by atoms with van der Waals surface area (Å²) >= 11 is 0. The van der Waals surface area contributed by atoms with Gasteiger partial charge in [-0.25, -0.2) is 4.68 Å². The minimum absolute atomic E-state index is 0.109. The number of likely N-dealkylation sites (tertiary alicyclic amines) is 1. The monoisotopic (exact) mass is 255 g/mol. The van der Waals surface area contributed by atoms with Crippen LogP contribution in [-0.4, -0.2) is 33.7 Å². The van der Waals surface area contributed by atoms with Crippen molar-refractivity contribution >= 4 is 5.91 Å². The minimum atomic E-state index is 0.109. The van der Waals surface area contributed by atoms with Crippen LogP contribution < -0.4 is 0 Å². The fourth-order valence-corrected chi connectivity index (χ4v) is 2.54. The average molecular weight is 255 g/mol. The topological polar surface area (TPSA) is 38.1 Å². The fraction of sp³-hybridized carbons (Fsp3) is 0.333. The van der Waals surface area contributed by atoms with Gasteiger partial charge in [0.05, 0.1) is 23.1 Å². The van der Waals surface area contributed by atoms with Gasteiger partial charge in [0.25, 0.3) is 5.91 Å². The third-order valence-corrected chi connectivity index (χ3v) is 3.63. The highest BCUT2D eigenvalue weighted by atomic mass is 16.2. The Hall–Kier alpha value is -2.10. The van der Waals surface area contributed by atoms with Crippen molar-refractivity contribution < 1.29 is 4.79 Å². The van der Waals surface area contributed by atoms with Gasteiger partial charge >= 0.3 is 0 Å². The largest absolute Gasteiger partial charge is 0.339 e. The normalized spacial score (nSPS) is 14.9. The van der Waals surface area contributed by atoms with Gasteiger partial charge in [-0.2, -0.15) is 5.10 Å². The molecule has 0 unspecified atom stereocenters. The molecular weight excluding hydrogens is 238 g/mol. The van der Waals surface area contributed by atoms with E-state index in [9.17, 15) is 4.79 Å². The van der Waals surface area contributed by atoms with E-state index in [4.69, 9.17) is 0 Å². The first-order chi connectivity index (χ1) is 9.27. The predicted octanol–water partition coefficient (Wildman–Crippen LogP) is 2.42. The maximum atomic E-state index is 12.4. The number of carbonyl (C=O) groups excluding carboxylic acids is 1. The van der Waals surface area contributed by atoms with Crippen LogP contribution in [0.15, 0.2) is 36.5 Å². The molecule has 4 heteroatoms. The smallest absolute Gasteiger partial charge is 0.257 e. The van der Waals surface area contributed by atoms with E-state index in [1.807, 2.05) is 46.8 Å². The second-order valence-corrected chi connectivity index (χ2v) is 4.89. The SMILES string of the molecule is Cc1c(C(=O)N2CCCC2)cnn1-c1ccccc1. The molecule has 1 amide bonds. The van der Waals surface area contributed by atoms with E-state index in [1.165, 1.54) is 0 Å². The average Bonchev–Trinajstić information content (AvgIpc) is 3.08. The third-order valence-electron chi connectivity index (χ3n) is 3.63. The van der Waals surface area contributed by atoms with Crippen molar-refractivity contribution in [2.45, 2.75) is 19.8 Å². The maximum absolute atomic E-state index is 12.4. The van der Waals surface area contributed by atoms with E-state index in [1.54, 1.807) is 6.20 Å². The maximum Gasteiger partial charge on any atom is 0.257 e. The first-order valence-electron chi connectivity index (χ1n) is 6.66. The van der Waals surface area contributed by atoms with E-state index in [0.29, 0.717) is 5.56 Å². The van der Waals surface area contributed by atoms with Gasteiger partial charge in [-0.3, -0.25) is 4.79 Å². The number of nitrogens with zero attached hydrogens (tertiary/aromatic N) is 3. The molecule has 4 nitrogen and oxygen atoms in total. The lowest BCUT2D eigenvalue weighted by Crippen LogP contribution is -2.27. The quantitative estimate of drug-likeness (QED) is 0.826. The molecule has 1 saturated heterocycles. The highest BCUT2D eigenvalue weighted by Crippen LogP contribution is 2.18. The van der Waals surface area contributed by atoms with E-state index in [2.05, 4.69) is 5.10 Å². The molecule has 1 aliphatic heterocycles. The molecule has 1 aromatic carbocycles. The van der Waals surface area contributed by atoms with Crippen molar-refractivity contribution in [3.8, 4) is 5.69 Å². The highest BCUT2D eigenvalue weighted by molar-refractivity contribution is 5.95. The van der Waals surface area contributed by atoms with Crippen LogP contribution in [0.25, 0.3) is 5.69 Å². The van der Waals surface area contributed by atoms with Crippen LogP contribution in [0.5, 0.6) is 0 Å². The van der Waals surface area contributed by atoms with E-state index in [-0.39, 0.29) is 5.91 Å². The summed E-state index contributed by atoms with van der Waals surface area (Å²) in [7, 11) is 0. The van der Waals surface area contributed by atoms with Crippen molar-refractivity contribution in [1.82, 2.24) is 14.7 Å². The Bertz CT molecular complexity index is 583. The summed E-state index contributed by atoms with van der Waals surface area (Å²) < 4.78 is 1.82. The van der Waals surface area contributed by atoms with Gasteiger partial charge in [-0.05, 0) is 31.9 Å². The van der Waals surface area contributed by atoms with Crippen LogP contribution in [0.3, 0.4) is 0 Å². The number of rotatable bonds is 2. The van der Waals surface area contributed by atoms with Gasteiger partial charge in [-0.15, -0.1) is 0 Å². The predicted molar refractivity (Wildman–Crippen MR) is 73.4 cm³/mol. The van der Waals surface area contributed by atoms with Gasteiger partial charge in [0.15, 0.2) is 0 Å². The van der Waals surface area contributed by atoms with Crippen molar-refractivity contribution in [2.24, 2.45) is 0 Å². The Morgan fingerprint density at radius 3 is 2.53 bits per heavy atom. The van der Waals surface area contributed by atoms with Gasteiger partial charge in [0.1, 0.15) is 0 Å². The van der Waals surface area contributed by atoms with Crippen molar-refractivity contribution in [3.63, 3.8) is 0 Å². The molecule has 0 atom stereocenters. The summed E-state index contributed by atoms with van der Waals surface area (Å²) in [6.07, 6.45) is 3.90. The molecule has 0 spiro atoms. The second kappa shape index (κ2) is 4.88. The van der Waals surface area contributed by atoms with Gasteiger partial charge in [-0.1, -0.05) is 18.2 Å². The molecule has 0 saturated carbocycles. The van der Waals surface area contributed by atoms with Crippen LogP contribution in [0.2, 0.25) is 0 Å². The number of aromatic nitrogens is 2. The Morgan fingerprint density at radius 2 is 1.84 bits per heavy atom. The molecule has 1 aromatic heterocycles. The molecule has 2 aromatic rings. The summed E-state index contributed by atoms with van der Waals surface area (Å²) in [6, 6.07) is 9.89. The minimum Gasteiger partial charge on any atom is -0.339 e. The van der Waals surface area contributed by atoms with Gasteiger partial charge in [0.2, 0.25) is 0 Å². The lowest BCUT2D eigenvalue weighted by atomic mass is 10.2. The molecule has 2 heterocycles. The molecule has 0 N–H and O–H groups in total. The number of benzene rings is 1. The molecule has 3 rings (SSSR count). The number of carbonyl (C=O) groups is 1. The van der Waals surface area contributed by atoms with E-state index >= 15 is 0 Å². The zero-order valence-electron chi connectivity index (χ0n) is 11.0. The molecule has 98 valence electrons. The van der Waals surface area contributed by atoms with Crippen LogP contribution in [0.1, 0.15) is 28.9 Å². The summed E-state index contributed by atoms with van der Waals surface area (Å²) in [6.45, 7) is 3.69. The number of para-hydroxylation sites is 1. The molecule has 0 aliphatic carbocycles. The Morgan fingerprint density at radius 1 is 1.16 bits per heavy atom. The first kappa shape index (κ1) is 12.0. The summed E-state index contributed by atoms with van der Waals surface area (Å²) in [4.78, 5) is 14.3. The van der Waals surface area contributed by atoms with Crippen LogP contribution >= 0.6 is 0 Å². The summed E-state index contributed by atoms with van der Waals surface area (Å²) in [5.74, 6) is 0.109. The van der Waals surface area contributed by atoms with Gasteiger partial charge < -0.3 is 4.90 Å². The summed E-state index contributed by atoms with van der Waals surface area (Å²) in [5, 5.41) is 4.35. The lowest BCUT2D eigenvalue weighted by molar-refractivity contribution is 0.0792. The van der Waals surface area contributed by atoms with Crippen LogP contribution in [-0.2, 0) is 0 Å². The zero-order valence-corrected chi connectivity index (χ0v) is 11.0. The standard InChI is InChI=1S/C15H17N3O/c1-12-14(15(19)17-9-5-6-10-17)11-16-18(12)13-7-3-2-4-8-13/h2-4,7-8,11H,5-6,9-10H2,1H3.